The van der Waals surface area contributed by atoms with Crippen molar-refractivity contribution in [1.29, 1.82) is 0 Å². The Morgan fingerprint density at radius 1 is 1.28 bits per heavy atom. The third kappa shape index (κ3) is 4.26. The van der Waals surface area contributed by atoms with E-state index in [1.54, 1.807) is 12.3 Å². The number of hydrogen-bond donors (Lipinski definition) is 2. The molecule has 0 bridgehead atoms. The topological polar surface area (TPSA) is 71.5 Å². The van der Waals surface area contributed by atoms with Crippen LogP contribution in [0.25, 0.3) is 0 Å². The molecular weight excluding hydrogens is 384 g/mol. The van der Waals surface area contributed by atoms with E-state index in [1.807, 2.05) is 30.3 Å². The molecule has 25 heavy (non-hydrogen) atoms. The second kappa shape index (κ2) is 8.08. The van der Waals surface area contributed by atoms with Gasteiger partial charge in [0.05, 0.1) is 12.1 Å². The summed E-state index contributed by atoms with van der Waals surface area (Å²) < 4.78 is 6.17. The molecular formula is C19H21BrN2O3. The molecule has 5 nitrogen and oxygen atoms in total. The molecule has 2 N–H and O–H groups in total. The molecule has 0 saturated carbocycles. The van der Waals surface area contributed by atoms with E-state index >= 15 is 0 Å². The van der Waals surface area contributed by atoms with Crippen LogP contribution in [-0.2, 0) is 10.3 Å². The van der Waals surface area contributed by atoms with Gasteiger partial charge in [0, 0.05) is 30.1 Å². The first kappa shape index (κ1) is 18.0. The molecule has 1 unspecified atom stereocenters. The van der Waals surface area contributed by atoms with E-state index in [2.05, 4.69) is 26.2 Å². The largest absolute Gasteiger partial charge is 0.383 e. The second-order valence-electron chi connectivity index (χ2n) is 6.25. The van der Waals surface area contributed by atoms with Gasteiger partial charge < -0.3 is 15.2 Å². The first-order valence-electron chi connectivity index (χ1n) is 8.34. The standard InChI is InChI=1S/C19H21BrN2O3/c20-17-10-14(11-21-12-17)18(23)22-13-19(24,15-4-2-1-3-5-15)16-6-8-25-9-7-16/h1-5,10-12,16,24H,6-9,13H2,(H,22,23). The Balaban J connectivity index is 1.79. The summed E-state index contributed by atoms with van der Waals surface area (Å²) in [6.45, 7) is 1.40. The molecule has 1 aromatic carbocycles. The van der Waals surface area contributed by atoms with Crippen LogP contribution in [0.15, 0.2) is 53.3 Å². The zero-order valence-electron chi connectivity index (χ0n) is 13.8. The molecule has 1 aliphatic rings. The minimum atomic E-state index is -1.12. The van der Waals surface area contributed by atoms with Crippen LogP contribution < -0.4 is 5.32 Å². The number of nitrogens with zero attached hydrogens (tertiary/aromatic N) is 1. The summed E-state index contributed by atoms with van der Waals surface area (Å²) in [5.41, 5.74) is 0.145. The van der Waals surface area contributed by atoms with E-state index < -0.39 is 5.60 Å². The highest BCUT2D eigenvalue weighted by Gasteiger charge is 2.39. The smallest absolute Gasteiger partial charge is 0.252 e. The number of halogens is 1. The molecule has 6 heteroatoms. The van der Waals surface area contributed by atoms with Crippen molar-refractivity contribution >= 4 is 21.8 Å². The van der Waals surface area contributed by atoms with Gasteiger partial charge in [-0.2, -0.15) is 0 Å². The Labute approximate surface area is 155 Å². The number of benzene rings is 1. The molecule has 1 aromatic heterocycles. The number of nitrogens with one attached hydrogen (secondary N) is 1. The molecule has 2 aromatic rings. The van der Waals surface area contributed by atoms with Crippen molar-refractivity contribution in [2.45, 2.75) is 18.4 Å². The van der Waals surface area contributed by atoms with E-state index in [9.17, 15) is 9.90 Å². The van der Waals surface area contributed by atoms with E-state index in [-0.39, 0.29) is 18.4 Å². The average Bonchev–Trinajstić information content (AvgIpc) is 2.67. The Kier molecular flexibility index (Phi) is 5.83. The molecule has 3 rings (SSSR count). The number of hydrogen-bond acceptors (Lipinski definition) is 4. The normalized spacial score (nSPS) is 17.7. The molecule has 1 atom stereocenters. The number of rotatable bonds is 5. The third-order valence-electron chi connectivity index (χ3n) is 4.66. The zero-order chi connectivity index (χ0) is 17.7. The Hall–Kier alpha value is -1.76. The van der Waals surface area contributed by atoms with E-state index in [0.717, 1.165) is 22.9 Å². The van der Waals surface area contributed by atoms with E-state index in [4.69, 9.17) is 4.74 Å². The highest BCUT2D eigenvalue weighted by Crippen LogP contribution is 2.35. The number of carbonyl (C=O) groups is 1. The van der Waals surface area contributed by atoms with Gasteiger partial charge in [0.25, 0.3) is 5.91 Å². The molecule has 1 aliphatic heterocycles. The number of pyridine rings is 1. The number of ether oxygens (including phenoxy) is 1. The van der Waals surface area contributed by atoms with Crippen LogP contribution in [-0.4, -0.2) is 35.8 Å². The van der Waals surface area contributed by atoms with Gasteiger partial charge in [0.2, 0.25) is 0 Å². The summed E-state index contributed by atoms with van der Waals surface area (Å²) in [5.74, 6) is -0.222. The van der Waals surface area contributed by atoms with Crippen molar-refractivity contribution in [2.75, 3.05) is 19.8 Å². The summed E-state index contributed by atoms with van der Waals surface area (Å²) in [5, 5.41) is 14.3. The highest BCUT2D eigenvalue weighted by atomic mass is 79.9. The number of carbonyl (C=O) groups excluding carboxylic acids is 1. The first-order chi connectivity index (χ1) is 12.1. The van der Waals surface area contributed by atoms with Gasteiger partial charge in [-0.05, 0) is 46.3 Å². The van der Waals surface area contributed by atoms with Gasteiger partial charge in [0.15, 0.2) is 0 Å². The van der Waals surface area contributed by atoms with Gasteiger partial charge in [0.1, 0.15) is 5.60 Å². The summed E-state index contributed by atoms with van der Waals surface area (Å²) in [6.07, 6.45) is 4.66. The monoisotopic (exact) mass is 404 g/mol. The van der Waals surface area contributed by atoms with Gasteiger partial charge in [-0.3, -0.25) is 9.78 Å². The molecule has 0 spiro atoms. The summed E-state index contributed by atoms with van der Waals surface area (Å²) >= 11 is 3.31. The summed E-state index contributed by atoms with van der Waals surface area (Å²) in [6, 6.07) is 11.2. The molecule has 1 fully saturated rings. The molecule has 1 saturated heterocycles. The lowest BCUT2D eigenvalue weighted by atomic mass is 9.77. The third-order valence-corrected chi connectivity index (χ3v) is 5.09. The van der Waals surface area contributed by atoms with Crippen molar-refractivity contribution in [2.24, 2.45) is 5.92 Å². The maximum Gasteiger partial charge on any atom is 0.252 e. The van der Waals surface area contributed by atoms with Crippen LogP contribution in [0.3, 0.4) is 0 Å². The Morgan fingerprint density at radius 3 is 2.68 bits per heavy atom. The molecule has 0 aliphatic carbocycles. The van der Waals surface area contributed by atoms with Gasteiger partial charge in [-0.15, -0.1) is 0 Å². The van der Waals surface area contributed by atoms with Crippen LogP contribution >= 0.6 is 15.9 Å². The number of amides is 1. The van der Waals surface area contributed by atoms with Crippen LogP contribution in [0.5, 0.6) is 0 Å². The van der Waals surface area contributed by atoms with Crippen molar-refractivity contribution in [1.82, 2.24) is 10.3 Å². The van der Waals surface area contributed by atoms with Crippen molar-refractivity contribution < 1.29 is 14.6 Å². The van der Waals surface area contributed by atoms with Crippen LogP contribution in [0, 0.1) is 5.92 Å². The molecule has 0 radical (unpaired) electrons. The Bertz CT molecular complexity index is 720. The maximum atomic E-state index is 12.4. The highest BCUT2D eigenvalue weighted by molar-refractivity contribution is 9.10. The fourth-order valence-corrected chi connectivity index (χ4v) is 3.60. The van der Waals surface area contributed by atoms with Gasteiger partial charge >= 0.3 is 0 Å². The fraction of sp³-hybridized carbons (Fsp3) is 0.368. The number of aliphatic hydroxyl groups is 1. The molecule has 132 valence electrons. The minimum Gasteiger partial charge on any atom is -0.383 e. The lowest BCUT2D eigenvalue weighted by molar-refractivity contribution is -0.0680. The molecule has 1 amide bonds. The van der Waals surface area contributed by atoms with Gasteiger partial charge in [-0.1, -0.05) is 30.3 Å². The number of aromatic nitrogens is 1. The van der Waals surface area contributed by atoms with E-state index in [1.165, 1.54) is 6.20 Å². The van der Waals surface area contributed by atoms with Crippen LogP contribution in [0.1, 0.15) is 28.8 Å². The first-order valence-corrected chi connectivity index (χ1v) is 9.13. The minimum absolute atomic E-state index is 0.0320. The summed E-state index contributed by atoms with van der Waals surface area (Å²) in [4.78, 5) is 16.5. The molecule has 2 heterocycles. The van der Waals surface area contributed by atoms with Crippen LogP contribution in [0.2, 0.25) is 0 Å². The summed E-state index contributed by atoms with van der Waals surface area (Å²) in [7, 11) is 0. The predicted molar refractivity (Wildman–Crippen MR) is 98.2 cm³/mol. The van der Waals surface area contributed by atoms with Gasteiger partial charge in [-0.25, -0.2) is 0 Å². The Morgan fingerprint density at radius 2 is 2.00 bits per heavy atom. The van der Waals surface area contributed by atoms with E-state index in [0.29, 0.717) is 18.8 Å². The van der Waals surface area contributed by atoms with Crippen molar-refractivity contribution in [3.05, 3.63) is 64.4 Å². The average molecular weight is 405 g/mol. The SMILES string of the molecule is O=C(NCC(O)(c1ccccc1)C1CCOCC1)c1cncc(Br)c1. The second-order valence-corrected chi connectivity index (χ2v) is 7.17. The van der Waals surface area contributed by atoms with Crippen molar-refractivity contribution in [3.8, 4) is 0 Å². The fourth-order valence-electron chi connectivity index (χ4n) is 3.24. The lowest BCUT2D eigenvalue weighted by Gasteiger charge is -2.39. The van der Waals surface area contributed by atoms with Crippen LogP contribution in [0.4, 0.5) is 0 Å². The lowest BCUT2D eigenvalue weighted by Crippen LogP contribution is -2.47. The van der Waals surface area contributed by atoms with Crippen molar-refractivity contribution in [3.63, 3.8) is 0 Å². The maximum absolute atomic E-state index is 12.4. The quantitative estimate of drug-likeness (QED) is 0.803. The predicted octanol–water partition coefficient (Wildman–Crippen LogP) is 2.89. The zero-order valence-corrected chi connectivity index (χ0v) is 15.4.